The number of rotatable bonds is 3. The Labute approximate surface area is 129 Å². The van der Waals surface area contributed by atoms with Gasteiger partial charge in [-0.25, -0.2) is 0 Å². The smallest absolute Gasteiger partial charge is 0.449 e. The van der Waals surface area contributed by atoms with Crippen LogP contribution in [0.15, 0.2) is 18.5 Å². The second kappa shape index (κ2) is 6.71. The minimum absolute atomic E-state index is 0. The zero-order valence-electron chi connectivity index (χ0n) is 8.38. The number of nitrogens with zero attached hydrogens (tertiary/aromatic N) is 1. The summed E-state index contributed by atoms with van der Waals surface area (Å²) in [5, 5.41) is 0. The number of halogens is 3. The van der Waals surface area contributed by atoms with E-state index in [9.17, 15) is 12.9 Å². The van der Waals surface area contributed by atoms with E-state index in [4.69, 9.17) is 6.42 Å². The van der Waals surface area contributed by atoms with Crippen molar-refractivity contribution in [3.63, 3.8) is 0 Å². The molecule has 0 bridgehead atoms. The molecule has 0 unspecified atom stereocenters. The van der Waals surface area contributed by atoms with E-state index in [1.54, 1.807) is 0 Å². The van der Waals surface area contributed by atoms with Crippen molar-refractivity contribution in [1.82, 2.24) is 4.98 Å². The summed E-state index contributed by atoms with van der Waals surface area (Å²) >= 11 is 0. The Bertz CT molecular complexity index is 359. The van der Waals surface area contributed by atoms with Crippen molar-refractivity contribution in [2.45, 2.75) is 12.7 Å². The van der Waals surface area contributed by atoms with E-state index in [0.717, 1.165) is 0 Å². The molecule has 0 saturated carbocycles. The van der Waals surface area contributed by atoms with Crippen molar-refractivity contribution in [2.24, 2.45) is 0 Å². The summed E-state index contributed by atoms with van der Waals surface area (Å²) in [5.74, 6) is 2.32. The van der Waals surface area contributed by atoms with Crippen molar-refractivity contribution in [2.75, 3.05) is 0 Å². The fourth-order valence-corrected chi connectivity index (χ4v) is 1.17. The quantitative estimate of drug-likeness (QED) is 0.495. The van der Waals surface area contributed by atoms with E-state index < -0.39 is 13.3 Å². The van der Waals surface area contributed by atoms with Gasteiger partial charge in [0.1, 0.15) is 0 Å². The van der Waals surface area contributed by atoms with Gasteiger partial charge in [0.2, 0.25) is 0 Å². The van der Waals surface area contributed by atoms with Crippen LogP contribution in [0, 0.1) is 12.3 Å². The minimum Gasteiger partial charge on any atom is -0.449 e. The van der Waals surface area contributed by atoms with Crippen molar-refractivity contribution < 1.29 is 64.3 Å². The Balaban J connectivity index is 0.00000196. The summed E-state index contributed by atoms with van der Waals surface area (Å²) in [7, 11) is 0. The summed E-state index contributed by atoms with van der Waals surface area (Å²) in [6.07, 6.45) is 7.02. The second-order valence-corrected chi connectivity index (χ2v) is 2.94. The van der Waals surface area contributed by atoms with Crippen LogP contribution in [0.3, 0.4) is 0 Å². The number of pyridine rings is 1. The van der Waals surface area contributed by atoms with Crippen molar-refractivity contribution >= 4 is 6.98 Å². The molecule has 0 amide bonds. The Morgan fingerprint density at radius 2 is 2.00 bits per heavy atom. The third-order valence-electron chi connectivity index (χ3n) is 1.75. The van der Waals surface area contributed by atoms with E-state index >= 15 is 0 Å². The third kappa shape index (κ3) is 5.73. The maximum atomic E-state index is 12.1. The molecule has 0 radical (unpaired) electrons. The van der Waals surface area contributed by atoms with Gasteiger partial charge in [0, 0.05) is 18.8 Å². The van der Waals surface area contributed by atoms with Crippen LogP contribution >= 0.6 is 0 Å². The average molecular weight is 237 g/mol. The first-order valence-electron chi connectivity index (χ1n) is 4.09. The molecule has 15 heavy (non-hydrogen) atoms. The normalized spacial score (nSPS) is 10.3. The number of aromatic nitrogens is 1. The molecule has 6 heteroatoms. The van der Waals surface area contributed by atoms with Crippen LogP contribution < -0.4 is 51.4 Å². The van der Waals surface area contributed by atoms with Crippen LogP contribution in [0.1, 0.15) is 11.1 Å². The molecule has 0 spiro atoms. The van der Waals surface area contributed by atoms with E-state index in [2.05, 4.69) is 10.9 Å². The van der Waals surface area contributed by atoms with Crippen LogP contribution in [-0.2, 0) is 12.7 Å². The summed E-state index contributed by atoms with van der Waals surface area (Å²) in [5.41, 5.74) is 0.708. The molecule has 1 aromatic rings. The van der Waals surface area contributed by atoms with E-state index in [1.807, 2.05) is 0 Å². The molecule has 1 nitrogen and oxygen atoms in total. The molecule has 0 N–H and O–H groups in total. The van der Waals surface area contributed by atoms with E-state index in [-0.39, 0.29) is 63.4 Å². The second-order valence-electron chi connectivity index (χ2n) is 2.94. The van der Waals surface area contributed by atoms with Gasteiger partial charge in [-0.15, -0.1) is 12.3 Å². The molecule has 0 aliphatic heterocycles. The van der Waals surface area contributed by atoms with Gasteiger partial charge in [0.05, 0.1) is 0 Å². The van der Waals surface area contributed by atoms with Crippen molar-refractivity contribution in [1.29, 1.82) is 0 Å². The van der Waals surface area contributed by atoms with Gasteiger partial charge in [0.25, 0.3) is 0 Å². The van der Waals surface area contributed by atoms with Crippen LogP contribution in [0.25, 0.3) is 0 Å². The van der Waals surface area contributed by atoms with Crippen LogP contribution in [0.5, 0.6) is 0 Å². The summed E-state index contributed by atoms with van der Waals surface area (Å²) in [4.78, 5) is 3.65. The maximum Gasteiger partial charge on any atom is 1.00 e. The van der Waals surface area contributed by atoms with Crippen molar-refractivity contribution in [3.05, 3.63) is 29.6 Å². The van der Waals surface area contributed by atoms with Crippen molar-refractivity contribution in [3.8, 4) is 12.3 Å². The van der Waals surface area contributed by atoms with Gasteiger partial charge < -0.3 is 12.9 Å². The number of terminal acetylenes is 1. The zero-order chi connectivity index (χ0) is 10.6. The Morgan fingerprint density at radius 1 is 1.33 bits per heavy atom. The Morgan fingerprint density at radius 3 is 2.53 bits per heavy atom. The molecule has 0 aliphatic carbocycles. The molecule has 0 aromatic carbocycles. The molecule has 74 valence electrons. The molecule has 0 fully saturated rings. The predicted octanol–water partition coefficient (Wildman–Crippen LogP) is -0.810. The van der Waals surface area contributed by atoms with Crippen LogP contribution in [-0.4, -0.2) is 12.0 Å². The van der Waals surface area contributed by atoms with Gasteiger partial charge in [0.15, 0.2) is 0 Å². The number of hydrogen-bond acceptors (Lipinski definition) is 1. The molecule has 1 rings (SSSR count). The topological polar surface area (TPSA) is 12.9 Å². The minimum atomic E-state index is -4.82. The monoisotopic (exact) mass is 237 g/mol. The average Bonchev–Trinajstić information content (AvgIpc) is 2.06. The van der Waals surface area contributed by atoms with Crippen LogP contribution in [0.2, 0.25) is 0 Å². The molecule has 0 aliphatic rings. The van der Waals surface area contributed by atoms with Gasteiger partial charge in [-0.3, -0.25) is 4.98 Å². The zero-order valence-corrected chi connectivity index (χ0v) is 11.5. The summed E-state index contributed by atoms with van der Waals surface area (Å²) < 4.78 is 36.4. The van der Waals surface area contributed by atoms with Gasteiger partial charge in [-0.05, 0) is 11.6 Å². The first-order valence-corrected chi connectivity index (χ1v) is 4.09. The van der Waals surface area contributed by atoms with Gasteiger partial charge >= 0.3 is 58.4 Å². The largest absolute Gasteiger partial charge is 1.00 e. The Hall–Kier alpha value is 0.201. The molecule has 1 heterocycles. The van der Waals surface area contributed by atoms with E-state index in [1.165, 1.54) is 18.5 Å². The predicted molar refractivity (Wildman–Crippen MR) is 49.6 cm³/mol. The summed E-state index contributed by atoms with van der Waals surface area (Å²) in [6, 6.07) is 1.52. The molecule has 0 saturated heterocycles. The standard InChI is InChI=1S/C9H8BF3N.K/c1-2-3-8-4-5-14-7-9(8)6-10(11,12)13;/h1,4-5,7H,3,6H2;/q-1;+1. The molecule has 1 aromatic heterocycles. The fraction of sp³-hybridized carbons (Fsp3) is 0.222. The maximum absolute atomic E-state index is 12.1. The van der Waals surface area contributed by atoms with Gasteiger partial charge in [-0.1, -0.05) is 11.9 Å². The fourth-order valence-electron chi connectivity index (χ4n) is 1.17. The van der Waals surface area contributed by atoms with Crippen LogP contribution in [0.4, 0.5) is 12.9 Å². The molecular formula is C9H8BF3KN. The first kappa shape index (κ1) is 15.2. The van der Waals surface area contributed by atoms with E-state index in [0.29, 0.717) is 5.56 Å². The third-order valence-corrected chi connectivity index (χ3v) is 1.75. The van der Waals surface area contributed by atoms with Gasteiger partial charge in [-0.2, -0.15) is 0 Å². The number of hydrogen-bond donors (Lipinski definition) is 0. The summed E-state index contributed by atoms with van der Waals surface area (Å²) in [6.45, 7) is -4.82. The Kier molecular flexibility index (Phi) is 6.80. The first-order chi connectivity index (χ1) is 6.53. The molecule has 0 atom stereocenters. The molecular weight excluding hydrogens is 229 g/mol. The SMILES string of the molecule is C#CCc1ccncc1C[B-](F)(F)F.[K+].